The van der Waals surface area contributed by atoms with E-state index in [1.165, 1.54) is 25.0 Å². The van der Waals surface area contributed by atoms with Gasteiger partial charge in [0.05, 0.1) is 0 Å². The van der Waals surface area contributed by atoms with Crippen LogP contribution in [0.3, 0.4) is 0 Å². The number of hydrogen-bond donors (Lipinski definition) is 1. The van der Waals surface area contributed by atoms with E-state index in [0.29, 0.717) is 5.92 Å². The first kappa shape index (κ1) is 15.2. The summed E-state index contributed by atoms with van der Waals surface area (Å²) in [7, 11) is 0. The molecular weight excluding hydrogens is 225 g/mol. The van der Waals surface area contributed by atoms with Gasteiger partial charge in [-0.15, -0.1) is 0 Å². The highest BCUT2D eigenvalue weighted by Gasteiger charge is 2.29. The van der Waals surface area contributed by atoms with Crippen LogP contribution in [0.2, 0.25) is 0 Å². The number of halogens is 1. The molecule has 0 saturated carbocycles. The first-order valence-corrected chi connectivity index (χ1v) is 6.89. The molecule has 0 amide bonds. The monoisotopic (exact) mass is 251 g/mol. The predicted molar refractivity (Wildman–Crippen MR) is 76.1 cm³/mol. The van der Waals surface area contributed by atoms with Crippen molar-refractivity contribution in [3.63, 3.8) is 0 Å². The van der Waals surface area contributed by atoms with Gasteiger partial charge in [0.15, 0.2) is 0 Å². The second kappa shape index (κ2) is 6.33. The van der Waals surface area contributed by atoms with Crippen molar-refractivity contribution in [2.75, 3.05) is 0 Å². The number of benzene rings is 1. The van der Waals surface area contributed by atoms with Gasteiger partial charge in [-0.05, 0) is 30.0 Å². The molecule has 2 N–H and O–H groups in total. The minimum atomic E-state index is -0.192. The van der Waals surface area contributed by atoms with Crippen molar-refractivity contribution in [1.82, 2.24) is 0 Å². The van der Waals surface area contributed by atoms with Crippen LogP contribution >= 0.6 is 0 Å². The van der Waals surface area contributed by atoms with E-state index < -0.39 is 0 Å². The summed E-state index contributed by atoms with van der Waals surface area (Å²) >= 11 is 0. The Labute approximate surface area is 111 Å². The zero-order chi connectivity index (χ0) is 13.8. The fourth-order valence-corrected chi connectivity index (χ4v) is 2.43. The van der Waals surface area contributed by atoms with Crippen LogP contribution in [-0.4, -0.2) is 6.04 Å². The normalized spacial score (nSPS) is 15.4. The lowest BCUT2D eigenvalue weighted by molar-refractivity contribution is 0.330. The van der Waals surface area contributed by atoms with Crippen LogP contribution in [0.1, 0.15) is 52.5 Å². The van der Waals surface area contributed by atoms with E-state index in [-0.39, 0.29) is 17.3 Å². The van der Waals surface area contributed by atoms with Crippen molar-refractivity contribution >= 4 is 0 Å². The van der Waals surface area contributed by atoms with Gasteiger partial charge in [0.2, 0.25) is 0 Å². The van der Waals surface area contributed by atoms with Gasteiger partial charge in [0.1, 0.15) is 5.82 Å². The Morgan fingerprint density at radius 2 is 1.78 bits per heavy atom. The Kier molecular flexibility index (Phi) is 5.33. The van der Waals surface area contributed by atoms with E-state index in [1.54, 1.807) is 0 Å². The molecule has 2 unspecified atom stereocenters. The van der Waals surface area contributed by atoms with Crippen molar-refractivity contribution < 1.29 is 4.39 Å². The van der Waals surface area contributed by atoms with E-state index in [0.717, 1.165) is 12.0 Å². The summed E-state index contributed by atoms with van der Waals surface area (Å²) in [4.78, 5) is 0. The highest BCUT2D eigenvalue weighted by atomic mass is 19.1. The molecule has 0 saturated heterocycles. The van der Waals surface area contributed by atoms with E-state index in [1.807, 2.05) is 12.1 Å². The molecule has 0 aliphatic rings. The van der Waals surface area contributed by atoms with Crippen LogP contribution in [0, 0.1) is 11.7 Å². The predicted octanol–water partition coefficient (Wildman–Crippen LogP) is 4.26. The van der Waals surface area contributed by atoms with Crippen LogP contribution in [0.5, 0.6) is 0 Å². The minimum Gasteiger partial charge on any atom is -0.327 e. The van der Waals surface area contributed by atoms with Gasteiger partial charge in [0, 0.05) is 11.5 Å². The van der Waals surface area contributed by atoms with Crippen LogP contribution in [0.4, 0.5) is 4.39 Å². The van der Waals surface area contributed by atoms with Crippen LogP contribution in [0.15, 0.2) is 24.3 Å². The van der Waals surface area contributed by atoms with E-state index in [9.17, 15) is 4.39 Å². The standard InChI is InChI=1S/C16H26FN/c1-5-6-12(2)11-15(18)16(3,4)13-7-9-14(17)10-8-13/h7-10,12,15H,5-6,11,18H2,1-4H3. The van der Waals surface area contributed by atoms with Gasteiger partial charge in [-0.2, -0.15) is 0 Å². The lowest BCUT2D eigenvalue weighted by atomic mass is 9.75. The van der Waals surface area contributed by atoms with E-state index in [4.69, 9.17) is 5.73 Å². The SMILES string of the molecule is CCCC(C)CC(N)C(C)(C)c1ccc(F)cc1. The average Bonchev–Trinajstić information content (AvgIpc) is 2.29. The molecule has 0 aliphatic carbocycles. The number of nitrogens with two attached hydrogens (primary N) is 1. The maximum atomic E-state index is 13.0. The first-order valence-electron chi connectivity index (χ1n) is 6.89. The lowest BCUT2D eigenvalue weighted by Gasteiger charge is -2.34. The van der Waals surface area contributed by atoms with Gasteiger partial charge in [-0.25, -0.2) is 4.39 Å². The Morgan fingerprint density at radius 3 is 2.28 bits per heavy atom. The smallest absolute Gasteiger partial charge is 0.123 e. The second-order valence-corrected chi connectivity index (χ2v) is 5.96. The third kappa shape index (κ3) is 3.81. The summed E-state index contributed by atoms with van der Waals surface area (Å²) in [6.07, 6.45) is 3.43. The molecule has 18 heavy (non-hydrogen) atoms. The van der Waals surface area contributed by atoms with Crippen molar-refractivity contribution in [2.24, 2.45) is 11.7 Å². The fraction of sp³-hybridized carbons (Fsp3) is 0.625. The Hall–Kier alpha value is -0.890. The van der Waals surface area contributed by atoms with Gasteiger partial charge in [-0.3, -0.25) is 0 Å². The van der Waals surface area contributed by atoms with Crippen LogP contribution in [0.25, 0.3) is 0 Å². The summed E-state index contributed by atoms with van der Waals surface area (Å²) < 4.78 is 13.0. The highest BCUT2D eigenvalue weighted by molar-refractivity contribution is 5.26. The second-order valence-electron chi connectivity index (χ2n) is 5.96. The molecule has 102 valence electrons. The summed E-state index contributed by atoms with van der Waals surface area (Å²) in [6.45, 7) is 8.74. The minimum absolute atomic E-state index is 0.101. The third-order valence-corrected chi connectivity index (χ3v) is 3.95. The maximum Gasteiger partial charge on any atom is 0.123 e. The zero-order valence-corrected chi connectivity index (χ0v) is 12.0. The van der Waals surface area contributed by atoms with Gasteiger partial charge in [0.25, 0.3) is 0 Å². The van der Waals surface area contributed by atoms with Crippen molar-refractivity contribution in [3.8, 4) is 0 Å². The fourth-order valence-electron chi connectivity index (χ4n) is 2.43. The summed E-state index contributed by atoms with van der Waals surface area (Å²) in [5.41, 5.74) is 7.35. The molecule has 1 rings (SSSR count). The highest BCUT2D eigenvalue weighted by Crippen LogP contribution is 2.30. The summed E-state index contributed by atoms with van der Waals surface area (Å²) in [5.74, 6) is 0.451. The topological polar surface area (TPSA) is 26.0 Å². The molecular formula is C16H26FN. The summed E-state index contributed by atoms with van der Waals surface area (Å²) in [6, 6.07) is 6.82. The van der Waals surface area contributed by atoms with E-state index in [2.05, 4.69) is 27.7 Å². The summed E-state index contributed by atoms with van der Waals surface area (Å²) in [5, 5.41) is 0. The molecule has 0 bridgehead atoms. The molecule has 0 radical (unpaired) electrons. The molecule has 0 aliphatic heterocycles. The van der Waals surface area contributed by atoms with Crippen molar-refractivity contribution in [2.45, 2.75) is 58.4 Å². The Morgan fingerprint density at radius 1 is 1.22 bits per heavy atom. The largest absolute Gasteiger partial charge is 0.327 e. The first-order chi connectivity index (χ1) is 8.37. The number of hydrogen-bond acceptors (Lipinski definition) is 1. The van der Waals surface area contributed by atoms with Crippen LogP contribution in [-0.2, 0) is 5.41 Å². The molecule has 1 aromatic carbocycles. The van der Waals surface area contributed by atoms with Crippen molar-refractivity contribution in [1.29, 1.82) is 0 Å². The van der Waals surface area contributed by atoms with Crippen molar-refractivity contribution in [3.05, 3.63) is 35.6 Å². The molecule has 0 spiro atoms. The quantitative estimate of drug-likeness (QED) is 0.803. The lowest BCUT2D eigenvalue weighted by Crippen LogP contribution is -2.42. The van der Waals surface area contributed by atoms with Gasteiger partial charge < -0.3 is 5.73 Å². The molecule has 0 heterocycles. The molecule has 0 aromatic heterocycles. The third-order valence-electron chi connectivity index (χ3n) is 3.95. The molecule has 1 nitrogen and oxygen atoms in total. The molecule has 0 fully saturated rings. The molecule has 2 atom stereocenters. The van der Waals surface area contributed by atoms with Gasteiger partial charge in [-0.1, -0.05) is 52.7 Å². The Balaban J connectivity index is 2.75. The van der Waals surface area contributed by atoms with E-state index >= 15 is 0 Å². The Bertz CT molecular complexity index is 356. The average molecular weight is 251 g/mol. The molecule has 1 aromatic rings. The molecule has 2 heteroatoms. The maximum absolute atomic E-state index is 13.0. The van der Waals surface area contributed by atoms with Gasteiger partial charge >= 0.3 is 0 Å². The zero-order valence-electron chi connectivity index (χ0n) is 12.0. The number of rotatable bonds is 6. The van der Waals surface area contributed by atoms with Crippen LogP contribution < -0.4 is 5.73 Å².